The van der Waals surface area contributed by atoms with Crippen molar-refractivity contribution in [3.05, 3.63) is 17.5 Å². The Labute approximate surface area is 177 Å². The number of amides is 3. The second-order valence-electron chi connectivity index (χ2n) is 8.47. The molecule has 2 N–H and O–H groups in total. The Balaban J connectivity index is 1.72. The summed E-state index contributed by atoms with van der Waals surface area (Å²) in [5.41, 5.74) is -0.564. The summed E-state index contributed by atoms with van der Waals surface area (Å²) in [6, 6.07) is 1.64. The Morgan fingerprint density at radius 3 is 2.63 bits per heavy atom. The van der Waals surface area contributed by atoms with Gasteiger partial charge >= 0.3 is 0 Å². The average Bonchev–Trinajstić information content (AvgIpc) is 2.98. The van der Waals surface area contributed by atoms with Gasteiger partial charge in [-0.05, 0) is 26.2 Å². The van der Waals surface area contributed by atoms with Gasteiger partial charge in [-0.15, -0.1) is 0 Å². The number of carbonyl (C=O) groups is 3. The van der Waals surface area contributed by atoms with Crippen molar-refractivity contribution in [3.63, 3.8) is 0 Å². The van der Waals surface area contributed by atoms with E-state index >= 15 is 0 Å². The van der Waals surface area contributed by atoms with E-state index in [1.54, 1.807) is 21.1 Å². The van der Waals surface area contributed by atoms with Gasteiger partial charge in [-0.1, -0.05) is 25.7 Å². The first-order chi connectivity index (χ1) is 14.4. The molecule has 0 radical (unpaired) electrons. The van der Waals surface area contributed by atoms with Crippen LogP contribution in [0.3, 0.4) is 0 Å². The van der Waals surface area contributed by atoms with Gasteiger partial charge in [-0.25, -0.2) is 0 Å². The monoisotopic (exact) mass is 419 g/mol. The molecule has 3 amide bonds. The zero-order chi connectivity index (χ0) is 21.7. The number of ether oxygens (including phenoxy) is 1. The number of nitrogens with one attached hydrogen (secondary N) is 2. The molecule has 1 unspecified atom stereocenters. The lowest BCUT2D eigenvalue weighted by Crippen LogP contribution is -2.63. The zero-order valence-corrected chi connectivity index (χ0v) is 18.2. The van der Waals surface area contributed by atoms with Gasteiger partial charge in [0.05, 0.1) is 6.54 Å². The van der Waals surface area contributed by atoms with Gasteiger partial charge in [0.1, 0.15) is 11.2 Å². The fourth-order valence-corrected chi connectivity index (χ4v) is 4.11. The van der Waals surface area contributed by atoms with E-state index in [0.29, 0.717) is 25.3 Å². The molecule has 0 aromatic carbocycles. The van der Waals surface area contributed by atoms with E-state index in [9.17, 15) is 14.4 Å². The molecule has 166 valence electrons. The summed E-state index contributed by atoms with van der Waals surface area (Å²) in [4.78, 5) is 40.0. The molecule has 1 aromatic heterocycles. The summed E-state index contributed by atoms with van der Waals surface area (Å²) >= 11 is 0. The van der Waals surface area contributed by atoms with E-state index in [1.165, 1.54) is 28.5 Å². The van der Waals surface area contributed by atoms with Crippen LogP contribution in [0.25, 0.3) is 0 Å². The highest BCUT2D eigenvalue weighted by Crippen LogP contribution is 2.27. The highest BCUT2D eigenvalue weighted by molar-refractivity contribution is 6.01. The van der Waals surface area contributed by atoms with Crippen molar-refractivity contribution in [1.82, 2.24) is 25.3 Å². The van der Waals surface area contributed by atoms with Crippen LogP contribution in [0, 0.1) is 0 Å². The van der Waals surface area contributed by atoms with E-state index < -0.39 is 5.54 Å². The van der Waals surface area contributed by atoms with Crippen molar-refractivity contribution in [3.8, 4) is 0 Å². The van der Waals surface area contributed by atoms with E-state index in [0.717, 1.165) is 25.7 Å². The van der Waals surface area contributed by atoms with Gasteiger partial charge in [0.2, 0.25) is 5.91 Å². The molecule has 1 fully saturated rings. The number of hydrogen-bond donors (Lipinski definition) is 2. The normalized spacial score (nSPS) is 22.4. The molecule has 0 spiro atoms. The molecule has 1 aromatic rings. The van der Waals surface area contributed by atoms with Gasteiger partial charge in [0.25, 0.3) is 11.8 Å². The van der Waals surface area contributed by atoms with Gasteiger partial charge in [-0.2, -0.15) is 5.10 Å². The van der Waals surface area contributed by atoms with Crippen LogP contribution in [-0.4, -0.2) is 71.3 Å². The first kappa shape index (κ1) is 22.3. The van der Waals surface area contributed by atoms with Crippen molar-refractivity contribution in [1.29, 1.82) is 0 Å². The van der Waals surface area contributed by atoms with Crippen molar-refractivity contribution in [2.45, 2.75) is 70.0 Å². The maximum atomic E-state index is 13.2. The van der Waals surface area contributed by atoms with E-state index in [2.05, 4.69) is 15.7 Å². The highest BCUT2D eigenvalue weighted by atomic mass is 16.5. The Morgan fingerprint density at radius 1 is 1.27 bits per heavy atom. The molecule has 1 aliphatic carbocycles. The second-order valence-corrected chi connectivity index (χ2v) is 8.47. The summed E-state index contributed by atoms with van der Waals surface area (Å²) in [6.07, 6.45) is 7.27. The molecule has 1 atom stereocenters. The number of nitrogens with zero attached hydrogens (tertiary/aromatic N) is 3. The molecular weight excluding hydrogens is 386 g/mol. The number of carbonyl (C=O) groups excluding carboxylic acids is 3. The molecule has 0 saturated heterocycles. The zero-order valence-electron chi connectivity index (χ0n) is 18.2. The van der Waals surface area contributed by atoms with Crippen molar-refractivity contribution in [2.24, 2.45) is 0 Å². The van der Waals surface area contributed by atoms with Crippen LogP contribution in [-0.2, 0) is 16.1 Å². The van der Waals surface area contributed by atoms with Crippen LogP contribution in [0.5, 0.6) is 0 Å². The molecule has 3 rings (SSSR count). The molecule has 30 heavy (non-hydrogen) atoms. The summed E-state index contributed by atoms with van der Waals surface area (Å²) < 4.78 is 6.45. The van der Waals surface area contributed by atoms with Crippen LogP contribution < -0.4 is 10.6 Å². The predicted molar refractivity (Wildman–Crippen MR) is 111 cm³/mol. The summed E-state index contributed by atoms with van der Waals surface area (Å²) in [5, 5.41) is 10.2. The molecule has 2 aliphatic rings. The number of likely N-dealkylation sites (N-methyl/N-ethyl adjacent to an activating group) is 1. The number of rotatable bonds is 7. The van der Waals surface area contributed by atoms with Crippen LogP contribution in [0.4, 0.5) is 0 Å². The number of methoxy groups -OCH3 is 1. The van der Waals surface area contributed by atoms with E-state index in [-0.39, 0.29) is 36.0 Å². The van der Waals surface area contributed by atoms with Crippen LogP contribution in [0.1, 0.15) is 72.8 Å². The maximum absolute atomic E-state index is 13.2. The smallest absolute Gasteiger partial charge is 0.272 e. The Hall–Kier alpha value is -2.42. The fraction of sp³-hybridized carbons (Fsp3) is 0.714. The predicted octanol–water partition coefficient (Wildman–Crippen LogP) is 1.33. The number of fused-ring (bicyclic) bond motifs is 1. The van der Waals surface area contributed by atoms with Crippen LogP contribution >= 0.6 is 0 Å². The fourth-order valence-electron chi connectivity index (χ4n) is 4.11. The molecule has 9 nitrogen and oxygen atoms in total. The lowest BCUT2D eigenvalue weighted by molar-refractivity contribution is -0.133. The van der Waals surface area contributed by atoms with Gasteiger partial charge < -0.3 is 20.3 Å². The Morgan fingerprint density at radius 2 is 1.97 bits per heavy atom. The first-order valence-corrected chi connectivity index (χ1v) is 10.8. The number of hydrogen-bond acceptors (Lipinski definition) is 5. The molecular formula is C21H33N5O4. The molecule has 2 heterocycles. The van der Waals surface area contributed by atoms with Crippen LogP contribution in [0.15, 0.2) is 6.07 Å². The van der Waals surface area contributed by atoms with E-state index in [1.807, 2.05) is 0 Å². The van der Waals surface area contributed by atoms with Crippen LogP contribution in [0.2, 0.25) is 0 Å². The van der Waals surface area contributed by atoms with Crippen molar-refractivity contribution in [2.75, 3.05) is 27.3 Å². The minimum absolute atomic E-state index is 0.146. The topological polar surface area (TPSA) is 106 Å². The molecule has 1 aliphatic heterocycles. The molecule has 9 heteroatoms. The number of aromatic nitrogens is 2. The quantitative estimate of drug-likeness (QED) is 0.512. The third-order valence-corrected chi connectivity index (χ3v) is 6.22. The molecule has 0 bridgehead atoms. The lowest BCUT2D eigenvalue weighted by atomic mass is 9.95. The summed E-state index contributed by atoms with van der Waals surface area (Å²) in [7, 11) is 3.24. The third-order valence-electron chi connectivity index (χ3n) is 6.22. The minimum Gasteiger partial charge on any atom is -0.385 e. The third kappa shape index (κ3) is 4.66. The van der Waals surface area contributed by atoms with Gasteiger partial charge in [0.15, 0.2) is 5.69 Å². The van der Waals surface area contributed by atoms with E-state index in [4.69, 9.17) is 4.74 Å². The molecule has 1 saturated carbocycles. The highest BCUT2D eigenvalue weighted by Gasteiger charge is 2.46. The Kier molecular flexibility index (Phi) is 7.12. The maximum Gasteiger partial charge on any atom is 0.272 e. The lowest BCUT2D eigenvalue weighted by Gasteiger charge is -2.41. The first-order valence-electron chi connectivity index (χ1n) is 10.8. The summed E-state index contributed by atoms with van der Waals surface area (Å²) in [5.74, 6) is -0.823. The average molecular weight is 420 g/mol. The minimum atomic E-state index is -1.06. The largest absolute Gasteiger partial charge is 0.385 e. The van der Waals surface area contributed by atoms with Gasteiger partial charge in [0, 0.05) is 39.4 Å². The van der Waals surface area contributed by atoms with Crippen molar-refractivity contribution >= 4 is 17.7 Å². The Bertz CT molecular complexity index is 784. The van der Waals surface area contributed by atoms with Gasteiger partial charge in [-0.3, -0.25) is 19.1 Å². The summed E-state index contributed by atoms with van der Waals surface area (Å²) in [6.45, 7) is 2.98. The van der Waals surface area contributed by atoms with Crippen molar-refractivity contribution < 1.29 is 19.1 Å². The standard InChI is InChI=1S/C21H33N5O4/c1-21(20(29)23-15-9-6-4-5-7-10-15)14-26-17(19(28)25(21)2)13-16(24-26)18(27)22-11-8-12-30-3/h13,15H,4-12,14H2,1-3H3,(H,22,27)(H,23,29). The second kappa shape index (κ2) is 9.59. The SMILES string of the molecule is COCCCNC(=O)c1cc2n(n1)CC(C)(C(=O)NC1CCCCCC1)N(C)C2=O.